The lowest BCUT2D eigenvalue weighted by Gasteiger charge is -2.45. The number of carbonyl (C=O) groups excluding carboxylic acids is 3. The van der Waals surface area contributed by atoms with E-state index in [1.165, 1.54) is 17.5 Å². The molecule has 0 unspecified atom stereocenters. The number of hydrogen-bond acceptors (Lipinski definition) is 8. The van der Waals surface area contributed by atoms with Gasteiger partial charge in [0.1, 0.15) is 23.4 Å². The van der Waals surface area contributed by atoms with Gasteiger partial charge in [0, 0.05) is 64.3 Å². The number of fused-ring (bicyclic) bond motifs is 1. The lowest BCUT2D eigenvalue weighted by atomic mass is 9.92. The second-order valence-electron chi connectivity index (χ2n) is 12.6. The van der Waals surface area contributed by atoms with Gasteiger partial charge < -0.3 is 25.2 Å². The zero-order chi connectivity index (χ0) is 29.9. The molecule has 4 heterocycles. The predicted molar refractivity (Wildman–Crippen MR) is 159 cm³/mol. The van der Waals surface area contributed by atoms with Crippen LogP contribution in [0, 0.1) is 0 Å². The quantitative estimate of drug-likeness (QED) is 0.557. The molecule has 0 spiro atoms. The van der Waals surface area contributed by atoms with Crippen LogP contribution in [0.2, 0.25) is 0 Å². The number of alkyl carbamates (subject to hydrolysis) is 1. The Kier molecular flexibility index (Phi) is 8.96. The molecule has 3 aliphatic heterocycles. The summed E-state index contributed by atoms with van der Waals surface area (Å²) >= 11 is 0. The largest absolute Gasteiger partial charge is 0.444 e. The van der Waals surface area contributed by atoms with Crippen LogP contribution in [0.25, 0.3) is 0 Å². The molecule has 5 rings (SSSR count). The first kappa shape index (κ1) is 29.8. The molecule has 1 aromatic heterocycles. The molecule has 0 aliphatic carbocycles. The molecule has 0 bridgehead atoms. The number of carbonyl (C=O) groups is 3. The molecule has 2 saturated heterocycles. The SMILES string of the molecule is CC(=O)N1CCC(Nc2cc(C(=O)N3CC[C@@H](N4CCc5ccccc5C4)[C@H](NC(=O)OC(C)(C)C)C3)ncn2)CC1. The maximum atomic E-state index is 13.7. The molecule has 0 saturated carbocycles. The summed E-state index contributed by atoms with van der Waals surface area (Å²) in [6, 6.07) is 10.1. The molecule has 2 atom stereocenters. The topological polar surface area (TPSA) is 120 Å². The van der Waals surface area contributed by atoms with Gasteiger partial charge >= 0.3 is 6.09 Å². The van der Waals surface area contributed by atoms with Crippen LogP contribution >= 0.6 is 0 Å². The van der Waals surface area contributed by atoms with E-state index in [2.05, 4.69) is 49.8 Å². The smallest absolute Gasteiger partial charge is 0.407 e. The summed E-state index contributed by atoms with van der Waals surface area (Å²) in [6.45, 7) is 11.2. The second-order valence-corrected chi connectivity index (χ2v) is 12.6. The Morgan fingerprint density at radius 3 is 2.38 bits per heavy atom. The monoisotopic (exact) mass is 577 g/mol. The highest BCUT2D eigenvalue weighted by atomic mass is 16.6. The number of likely N-dealkylation sites (tertiary alicyclic amines) is 2. The van der Waals surface area contributed by atoms with E-state index < -0.39 is 11.7 Å². The first-order valence-corrected chi connectivity index (χ1v) is 15.0. The van der Waals surface area contributed by atoms with E-state index in [0.29, 0.717) is 37.7 Å². The number of benzene rings is 1. The second kappa shape index (κ2) is 12.6. The Hall–Kier alpha value is -3.73. The molecule has 226 valence electrons. The van der Waals surface area contributed by atoms with Crippen LogP contribution in [0.1, 0.15) is 68.6 Å². The molecule has 1 aromatic carbocycles. The van der Waals surface area contributed by atoms with E-state index in [1.54, 1.807) is 17.9 Å². The summed E-state index contributed by atoms with van der Waals surface area (Å²) < 4.78 is 5.60. The zero-order valence-electron chi connectivity index (χ0n) is 25.1. The van der Waals surface area contributed by atoms with E-state index in [0.717, 1.165) is 38.8 Å². The third-order valence-corrected chi connectivity index (χ3v) is 8.37. The van der Waals surface area contributed by atoms with Gasteiger partial charge in [-0.05, 0) is 57.6 Å². The van der Waals surface area contributed by atoms with Crippen LogP contribution < -0.4 is 10.6 Å². The molecule has 2 N–H and O–H groups in total. The van der Waals surface area contributed by atoms with Gasteiger partial charge in [0.2, 0.25) is 5.91 Å². The fourth-order valence-electron chi connectivity index (χ4n) is 6.23. The summed E-state index contributed by atoms with van der Waals surface area (Å²) in [5.41, 5.74) is 2.37. The van der Waals surface area contributed by atoms with Crippen LogP contribution in [0.4, 0.5) is 10.6 Å². The van der Waals surface area contributed by atoms with Gasteiger partial charge in [0.25, 0.3) is 5.91 Å². The molecule has 11 nitrogen and oxygen atoms in total. The van der Waals surface area contributed by atoms with Gasteiger partial charge in [-0.3, -0.25) is 14.5 Å². The van der Waals surface area contributed by atoms with E-state index in [-0.39, 0.29) is 29.9 Å². The highest BCUT2D eigenvalue weighted by Crippen LogP contribution is 2.26. The van der Waals surface area contributed by atoms with Crippen molar-refractivity contribution in [2.75, 3.05) is 38.0 Å². The maximum Gasteiger partial charge on any atom is 0.407 e. The van der Waals surface area contributed by atoms with Gasteiger partial charge in [-0.1, -0.05) is 24.3 Å². The Labute approximate surface area is 248 Å². The third-order valence-electron chi connectivity index (χ3n) is 8.37. The highest BCUT2D eigenvalue weighted by Gasteiger charge is 2.38. The molecular weight excluding hydrogens is 534 g/mol. The molecule has 3 aliphatic rings. The number of anilines is 1. The number of nitrogens with zero attached hydrogens (tertiary/aromatic N) is 5. The van der Waals surface area contributed by atoms with Gasteiger partial charge in [-0.2, -0.15) is 0 Å². The van der Waals surface area contributed by atoms with Crippen molar-refractivity contribution in [1.82, 2.24) is 30.0 Å². The van der Waals surface area contributed by atoms with Crippen molar-refractivity contribution < 1.29 is 19.1 Å². The zero-order valence-corrected chi connectivity index (χ0v) is 25.1. The summed E-state index contributed by atoms with van der Waals surface area (Å²) in [7, 11) is 0. The summed E-state index contributed by atoms with van der Waals surface area (Å²) in [5.74, 6) is 0.502. The highest BCUT2D eigenvalue weighted by molar-refractivity contribution is 5.93. The minimum atomic E-state index is -0.624. The van der Waals surface area contributed by atoms with Crippen molar-refractivity contribution in [2.24, 2.45) is 0 Å². The van der Waals surface area contributed by atoms with Crippen molar-refractivity contribution in [3.05, 3.63) is 53.5 Å². The minimum absolute atomic E-state index is 0.0680. The first-order valence-electron chi connectivity index (χ1n) is 15.0. The number of rotatable bonds is 5. The number of nitrogens with one attached hydrogen (secondary N) is 2. The fraction of sp³-hybridized carbons (Fsp3) is 0.581. The van der Waals surface area contributed by atoms with E-state index >= 15 is 0 Å². The summed E-state index contributed by atoms with van der Waals surface area (Å²) in [5, 5.41) is 6.50. The van der Waals surface area contributed by atoms with E-state index in [9.17, 15) is 14.4 Å². The molecule has 42 heavy (non-hydrogen) atoms. The van der Waals surface area contributed by atoms with Crippen molar-refractivity contribution in [3.8, 4) is 0 Å². The van der Waals surface area contributed by atoms with Crippen LogP contribution in [-0.4, -0.2) is 99.0 Å². The predicted octanol–water partition coefficient (Wildman–Crippen LogP) is 3.07. The van der Waals surface area contributed by atoms with Crippen LogP contribution in [0.5, 0.6) is 0 Å². The Bertz CT molecular complexity index is 1290. The van der Waals surface area contributed by atoms with Crippen molar-refractivity contribution >= 4 is 23.7 Å². The van der Waals surface area contributed by atoms with Crippen LogP contribution in [0.3, 0.4) is 0 Å². The van der Waals surface area contributed by atoms with Crippen LogP contribution in [-0.2, 0) is 22.5 Å². The van der Waals surface area contributed by atoms with Crippen molar-refractivity contribution in [3.63, 3.8) is 0 Å². The number of amides is 3. The number of piperidine rings is 2. The molecule has 11 heteroatoms. The molecular formula is C31H43N7O4. The minimum Gasteiger partial charge on any atom is -0.444 e. The fourth-order valence-corrected chi connectivity index (χ4v) is 6.23. The molecule has 0 radical (unpaired) electrons. The van der Waals surface area contributed by atoms with Crippen molar-refractivity contribution in [2.45, 2.75) is 83.6 Å². The number of hydrogen-bond donors (Lipinski definition) is 2. The van der Waals surface area contributed by atoms with Crippen LogP contribution in [0.15, 0.2) is 36.7 Å². The first-order chi connectivity index (χ1) is 20.1. The summed E-state index contributed by atoms with van der Waals surface area (Å²) in [6.07, 6.45) is 4.25. The van der Waals surface area contributed by atoms with Gasteiger partial charge in [-0.25, -0.2) is 14.8 Å². The van der Waals surface area contributed by atoms with Gasteiger partial charge in [0.15, 0.2) is 0 Å². The lowest BCUT2D eigenvalue weighted by Crippen LogP contribution is -2.62. The lowest BCUT2D eigenvalue weighted by molar-refractivity contribution is -0.129. The van der Waals surface area contributed by atoms with E-state index in [1.807, 2.05) is 25.7 Å². The number of ether oxygens (including phenoxy) is 1. The molecule has 2 aromatic rings. The van der Waals surface area contributed by atoms with Gasteiger partial charge in [0.05, 0.1) is 6.04 Å². The number of aromatic nitrogens is 2. The average Bonchev–Trinajstić information content (AvgIpc) is 2.96. The van der Waals surface area contributed by atoms with E-state index in [4.69, 9.17) is 4.74 Å². The Balaban J connectivity index is 1.27. The third kappa shape index (κ3) is 7.36. The maximum absolute atomic E-state index is 13.7. The Morgan fingerprint density at radius 2 is 1.67 bits per heavy atom. The normalized spacial score (nSPS) is 21.8. The van der Waals surface area contributed by atoms with Gasteiger partial charge in [-0.15, -0.1) is 0 Å². The molecule has 2 fully saturated rings. The Morgan fingerprint density at radius 1 is 0.952 bits per heavy atom. The molecule has 3 amide bonds. The van der Waals surface area contributed by atoms with Crippen molar-refractivity contribution in [1.29, 1.82) is 0 Å². The summed E-state index contributed by atoms with van der Waals surface area (Å²) in [4.78, 5) is 52.9. The average molecular weight is 578 g/mol. The standard InChI is InChI=1S/C31H43N7O4/c1-21(39)36-14-10-24(11-15-36)34-28-17-25(32-20-33-28)29(40)38-16-12-27(26(19-38)35-30(41)42-31(2,3)4)37-13-9-22-7-5-6-8-23(22)18-37/h5-8,17,20,24,26-27H,9-16,18-19H2,1-4H3,(H,35,41)(H,32,33,34)/t26-,27-/m1/s1.